The van der Waals surface area contributed by atoms with E-state index in [4.69, 9.17) is 9.47 Å². The number of likely N-dealkylation sites (tertiary alicyclic amines) is 2. The summed E-state index contributed by atoms with van der Waals surface area (Å²) in [5, 5.41) is 0. The number of ether oxygens (including phenoxy) is 2. The molecule has 9 nitrogen and oxygen atoms in total. The predicted octanol–water partition coefficient (Wildman–Crippen LogP) is 2.63. The van der Waals surface area contributed by atoms with Crippen molar-refractivity contribution in [2.45, 2.75) is 31.2 Å². The standard InChI is InChI=1S/C31H32N2O7/c1-39-23-12-10-20(11-13-23)18-31(30(38)40-2)27-22(19-33(31)28(36)21-8-4-3-5-9-21)16-25(34)24(27)17-26(35)29(37)32-14-6-7-15-32/h3-5,8-13,16,24,27H,6-7,14-15,17-19H2,1-2H3/t24?,27?,31-/m1/s1. The number of carbonyl (C=O) groups excluding carboxylic acids is 5. The van der Waals surface area contributed by atoms with Crippen LogP contribution >= 0.6 is 0 Å². The van der Waals surface area contributed by atoms with E-state index in [0.29, 0.717) is 30.0 Å². The molecule has 0 bridgehead atoms. The van der Waals surface area contributed by atoms with E-state index in [1.54, 1.807) is 61.7 Å². The van der Waals surface area contributed by atoms with E-state index in [-0.39, 0.29) is 31.1 Å². The number of ketones is 2. The van der Waals surface area contributed by atoms with Crippen LogP contribution in [0.15, 0.2) is 66.2 Å². The molecule has 2 heterocycles. The quantitative estimate of drug-likeness (QED) is 0.371. The van der Waals surface area contributed by atoms with Gasteiger partial charge in [-0.1, -0.05) is 30.3 Å². The Morgan fingerprint density at radius 2 is 1.62 bits per heavy atom. The lowest BCUT2D eigenvalue weighted by atomic mass is 9.71. The first-order valence-electron chi connectivity index (χ1n) is 13.4. The molecule has 0 spiro atoms. The molecule has 0 saturated carbocycles. The second-order valence-corrected chi connectivity index (χ2v) is 10.5. The maximum absolute atomic E-state index is 14.0. The van der Waals surface area contributed by atoms with Gasteiger partial charge in [0.25, 0.3) is 11.8 Å². The predicted molar refractivity (Wildman–Crippen MR) is 144 cm³/mol. The van der Waals surface area contributed by atoms with Crippen molar-refractivity contribution >= 4 is 29.4 Å². The lowest BCUT2D eigenvalue weighted by molar-refractivity contribution is -0.156. The van der Waals surface area contributed by atoms with E-state index in [1.165, 1.54) is 23.0 Å². The van der Waals surface area contributed by atoms with Crippen LogP contribution in [0.5, 0.6) is 5.75 Å². The minimum Gasteiger partial charge on any atom is -0.497 e. The van der Waals surface area contributed by atoms with Gasteiger partial charge in [0, 0.05) is 49.9 Å². The average Bonchev–Trinajstić information content (AvgIpc) is 3.70. The van der Waals surface area contributed by atoms with Crippen LogP contribution in [0.4, 0.5) is 0 Å². The molecule has 2 aromatic carbocycles. The topological polar surface area (TPSA) is 110 Å². The third-order valence-electron chi connectivity index (χ3n) is 8.31. The van der Waals surface area contributed by atoms with E-state index in [0.717, 1.165) is 18.4 Å². The second-order valence-electron chi connectivity index (χ2n) is 10.5. The molecule has 2 amide bonds. The number of fused-ring (bicyclic) bond motifs is 1. The van der Waals surface area contributed by atoms with Crippen molar-refractivity contribution in [3.8, 4) is 5.75 Å². The number of allylic oxidation sites excluding steroid dienone is 1. The molecule has 9 heteroatoms. The van der Waals surface area contributed by atoms with Crippen LogP contribution in [-0.2, 0) is 30.3 Å². The van der Waals surface area contributed by atoms with Crippen molar-refractivity contribution in [1.82, 2.24) is 9.80 Å². The van der Waals surface area contributed by atoms with Gasteiger partial charge in [-0.15, -0.1) is 0 Å². The number of nitrogens with zero attached hydrogens (tertiary/aromatic N) is 2. The Morgan fingerprint density at radius 3 is 2.25 bits per heavy atom. The van der Waals surface area contributed by atoms with Gasteiger partial charge >= 0.3 is 5.97 Å². The molecule has 0 radical (unpaired) electrons. The molecule has 2 aromatic rings. The third kappa shape index (κ3) is 4.69. The Morgan fingerprint density at radius 1 is 0.950 bits per heavy atom. The molecule has 3 aliphatic rings. The fourth-order valence-corrected chi connectivity index (χ4v) is 6.41. The number of rotatable bonds is 8. The van der Waals surface area contributed by atoms with Gasteiger partial charge < -0.3 is 19.3 Å². The molecule has 40 heavy (non-hydrogen) atoms. The number of carbonyl (C=O) groups is 5. The first-order valence-corrected chi connectivity index (χ1v) is 13.4. The third-order valence-corrected chi connectivity index (χ3v) is 8.31. The summed E-state index contributed by atoms with van der Waals surface area (Å²) in [5.41, 5.74) is 0.0698. The van der Waals surface area contributed by atoms with Gasteiger partial charge in [-0.25, -0.2) is 4.79 Å². The zero-order valence-corrected chi connectivity index (χ0v) is 22.6. The van der Waals surface area contributed by atoms with Crippen LogP contribution in [0.2, 0.25) is 0 Å². The van der Waals surface area contributed by atoms with Crippen LogP contribution in [0.1, 0.15) is 35.2 Å². The van der Waals surface area contributed by atoms with Crippen molar-refractivity contribution in [3.63, 3.8) is 0 Å². The molecule has 0 aromatic heterocycles. The normalized spacial score (nSPS) is 23.6. The summed E-state index contributed by atoms with van der Waals surface area (Å²) in [6, 6.07) is 15.7. The number of methoxy groups -OCH3 is 2. The minimum atomic E-state index is -1.62. The number of esters is 1. The number of hydrogen-bond acceptors (Lipinski definition) is 7. The molecule has 3 atom stereocenters. The van der Waals surface area contributed by atoms with Crippen LogP contribution in [0, 0.1) is 11.8 Å². The van der Waals surface area contributed by atoms with E-state index in [9.17, 15) is 24.0 Å². The Balaban J connectivity index is 1.58. The van der Waals surface area contributed by atoms with Crippen molar-refractivity contribution in [2.24, 2.45) is 11.8 Å². The van der Waals surface area contributed by atoms with Gasteiger partial charge in [-0.05, 0) is 54.3 Å². The summed E-state index contributed by atoms with van der Waals surface area (Å²) in [7, 11) is 2.80. The fraction of sp³-hybridized carbons (Fsp3) is 0.387. The molecule has 5 rings (SSSR count). The van der Waals surface area contributed by atoms with Crippen molar-refractivity contribution in [2.75, 3.05) is 33.9 Å². The molecular weight excluding hydrogens is 512 g/mol. The van der Waals surface area contributed by atoms with Gasteiger partial charge in [0.1, 0.15) is 5.75 Å². The summed E-state index contributed by atoms with van der Waals surface area (Å²) in [6.45, 7) is 1.05. The molecule has 2 aliphatic heterocycles. The summed E-state index contributed by atoms with van der Waals surface area (Å²) in [4.78, 5) is 70.2. The molecule has 2 saturated heterocycles. The highest BCUT2D eigenvalue weighted by atomic mass is 16.5. The minimum absolute atomic E-state index is 0.0279. The molecular formula is C31H32N2O7. The lowest BCUT2D eigenvalue weighted by Crippen LogP contribution is -2.60. The highest BCUT2D eigenvalue weighted by Crippen LogP contribution is 2.51. The van der Waals surface area contributed by atoms with E-state index in [1.807, 2.05) is 0 Å². The highest BCUT2D eigenvalue weighted by molar-refractivity contribution is 6.36. The number of benzene rings is 2. The Kier molecular flexibility index (Phi) is 7.56. The van der Waals surface area contributed by atoms with Gasteiger partial charge in [0.05, 0.1) is 14.2 Å². The highest BCUT2D eigenvalue weighted by Gasteiger charge is 2.64. The lowest BCUT2D eigenvalue weighted by Gasteiger charge is -2.41. The molecule has 1 aliphatic carbocycles. The van der Waals surface area contributed by atoms with Crippen molar-refractivity contribution in [1.29, 1.82) is 0 Å². The second kappa shape index (κ2) is 11.1. The maximum atomic E-state index is 14.0. The fourth-order valence-electron chi connectivity index (χ4n) is 6.41. The van der Waals surface area contributed by atoms with Gasteiger partial charge in [0.15, 0.2) is 11.3 Å². The summed E-state index contributed by atoms with van der Waals surface area (Å²) >= 11 is 0. The van der Waals surface area contributed by atoms with E-state index in [2.05, 4.69) is 0 Å². The Labute approximate surface area is 232 Å². The molecule has 2 unspecified atom stereocenters. The molecule has 2 fully saturated rings. The number of amides is 2. The number of Topliss-reactive ketones (excluding diaryl/α,β-unsaturated/α-hetero) is 1. The maximum Gasteiger partial charge on any atom is 0.332 e. The Hall–Kier alpha value is -4.27. The van der Waals surface area contributed by atoms with Gasteiger partial charge in [0.2, 0.25) is 5.78 Å². The summed E-state index contributed by atoms with van der Waals surface area (Å²) in [5.74, 6) is -3.83. The van der Waals surface area contributed by atoms with Crippen LogP contribution in [0.3, 0.4) is 0 Å². The van der Waals surface area contributed by atoms with Gasteiger partial charge in [-0.3, -0.25) is 19.2 Å². The molecule has 0 N–H and O–H groups in total. The monoisotopic (exact) mass is 544 g/mol. The van der Waals surface area contributed by atoms with Crippen LogP contribution < -0.4 is 4.74 Å². The summed E-state index contributed by atoms with van der Waals surface area (Å²) < 4.78 is 10.6. The smallest absolute Gasteiger partial charge is 0.332 e. The van der Waals surface area contributed by atoms with Crippen molar-refractivity contribution < 1.29 is 33.4 Å². The first kappa shape index (κ1) is 27.3. The Bertz CT molecular complexity index is 1360. The molecule has 208 valence electrons. The SMILES string of the molecule is COC(=O)[C@@]1(Cc2ccc(OC)cc2)C2C(=CC(=O)C2CC(=O)C(=O)N2CCCC2)CN1C(=O)c1ccccc1. The van der Waals surface area contributed by atoms with E-state index < -0.39 is 35.0 Å². The number of hydrogen-bond donors (Lipinski definition) is 0. The summed E-state index contributed by atoms with van der Waals surface area (Å²) in [6.07, 6.45) is 2.81. The van der Waals surface area contributed by atoms with E-state index >= 15 is 0 Å². The van der Waals surface area contributed by atoms with Crippen LogP contribution in [-0.4, -0.2) is 78.5 Å². The zero-order chi connectivity index (χ0) is 28.4. The van der Waals surface area contributed by atoms with Crippen molar-refractivity contribution in [3.05, 3.63) is 77.4 Å². The largest absolute Gasteiger partial charge is 0.497 e. The zero-order valence-electron chi connectivity index (χ0n) is 22.6. The van der Waals surface area contributed by atoms with Gasteiger partial charge in [-0.2, -0.15) is 0 Å². The van der Waals surface area contributed by atoms with Crippen LogP contribution in [0.25, 0.3) is 0 Å². The average molecular weight is 545 g/mol. The first-order chi connectivity index (χ1) is 19.3.